The molecule has 20 heavy (non-hydrogen) atoms. The molecule has 0 saturated carbocycles. The third-order valence-corrected chi connectivity index (χ3v) is 3.39. The molecule has 114 valence electrons. The fourth-order valence-corrected chi connectivity index (χ4v) is 1.24. The molecule has 4 N–H and O–H groups in total. The first-order valence-electron chi connectivity index (χ1n) is 6.11. The van der Waals surface area contributed by atoms with Crippen LogP contribution in [0.1, 0.15) is 33.3 Å². The van der Waals surface area contributed by atoms with Crippen molar-refractivity contribution < 1.29 is 24.9 Å². The highest BCUT2D eigenvalue weighted by Gasteiger charge is 2.36. The Bertz CT molecular complexity index is 401. The normalized spacial score (nSPS) is 11.7. The fourth-order valence-electron chi connectivity index (χ4n) is 1.05. The van der Waals surface area contributed by atoms with Crippen molar-refractivity contribution in [3.8, 4) is 0 Å². The van der Waals surface area contributed by atoms with Crippen molar-refractivity contribution in [3.63, 3.8) is 0 Å². The van der Waals surface area contributed by atoms with Crippen LogP contribution in [0.4, 0.5) is 0 Å². The molecule has 1 aromatic rings. The first kappa shape index (κ1) is 19.4. The highest BCUT2D eigenvalue weighted by atomic mass is 35.5. The fraction of sp³-hybridized carbons (Fsp3) is 0.538. The van der Waals surface area contributed by atoms with Crippen LogP contribution >= 0.6 is 11.6 Å². The van der Waals surface area contributed by atoms with Gasteiger partial charge in [0.25, 0.3) is 0 Å². The summed E-state index contributed by atoms with van der Waals surface area (Å²) in [5, 5.41) is 32.1. The third kappa shape index (κ3) is 7.24. The molecule has 1 rings (SSSR count). The van der Waals surface area contributed by atoms with Crippen molar-refractivity contribution in [2.75, 3.05) is 0 Å². The van der Waals surface area contributed by atoms with Crippen molar-refractivity contribution in [1.29, 1.82) is 0 Å². The standard InChI is InChI=1S/C13H19ClO2.BH3O3/c1-12(2,15)13(3,4)16-9-10-7-5-6-8-11(10)14;2-1(3)4/h5-8,15H,9H2,1-4H3;2-4H. The molecule has 0 amide bonds. The highest BCUT2D eigenvalue weighted by Crippen LogP contribution is 2.27. The Hall–Kier alpha value is -0.625. The van der Waals surface area contributed by atoms with Crippen molar-refractivity contribution in [2.24, 2.45) is 0 Å². The number of ether oxygens (including phenoxy) is 1. The summed E-state index contributed by atoms with van der Waals surface area (Å²) in [7, 11) is -2.17. The zero-order valence-corrected chi connectivity index (χ0v) is 12.9. The van der Waals surface area contributed by atoms with E-state index in [1.165, 1.54) is 0 Å². The number of rotatable bonds is 4. The minimum absolute atomic E-state index is 0.399. The van der Waals surface area contributed by atoms with Gasteiger partial charge in [0.05, 0.1) is 17.8 Å². The Kier molecular flexibility index (Phi) is 7.73. The van der Waals surface area contributed by atoms with Crippen LogP contribution in [0.5, 0.6) is 0 Å². The lowest BCUT2D eigenvalue weighted by Gasteiger charge is -2.37. The van der Waals surface area contributed by atoms with Crippen molar-refractivity contribution in [1.82, 2.24) is 0 Å². The largest absolute Gasteiger partial charge is 0.631 e. The molecule has 0 heterocycles. The van der Waals surface area contributed by atoms with Gasteiger partial charge in [-0.2, -0.15) is 0 Å². The topological polar surface area (TPSA) is 90.2 Å². The van der Waals surface area contributed by atoms with Crippen LogP contribution in [-0.4, -0.2) is 38.7 Å². The van der Waals surface area contributed by atoms with Crippen LogP contribution in [0.15, 0.2) is 24.3 Å². The van der Waals surface area contributed by atoms with Gasteiger partial charge < -0.3 is 24.9 Å². The van der Waals surface area contributed by atoms with E-state index in [0.717, 1.165) is 5.56 Å². The molecule has 0 saturated heterocycles. The number of hydrogen-bond acceptors (Lipinski definition) is 5. The van der Waals surface area contributed by atoms with E-state index in [4.69, 9.17) is 31.4 Å². The maximum atomic E-state index is 9.93. The molecule has 0 fully saturated rings. The van der Waals surface area contributed by atoms with Crippen molar-refractivity contribution in [3.05, 3.63) is 34.9 Å². The molecule has 0 aliphatic carbocycles. The summed E-state index contributed by atoms with van der Waals surface area (Å²) in [6.07, 6.45) is 0. The monoisotopic (exact) mass is 304 g/mol. The molecule has 0 spiro atoms. The molecule has 0 atom stereocenters. The van der Waals surface area contributed by atoms with Crippen molar-refractivity contribution in [2.45, 2.75) is 45.5 Å². The SMILES string of the molecule is CC(C)(O)C(C)(C)OCc1ccccc1Cl.OB(O)O. The Labute approximate surface area is 125 Å². The predicted molar refractivity (Wildman–Crippen MR) is 79.0 cm³/mol. The second kappa shape index (κ2) is 7.97. The maximum Gasteiger partial charge on any atom is 0.631 e. The maximum absolute atomic E-state index is 9.93. The van der Waals surface area contributed by atoms with Gasteiger partial charge in [-0.05, 0) is 39.3 Å². The van der Waals surface area contributed by atoms with E-state index in [9.17, 15) is 5.11 Å². The van der Waals surface area contributed by atoms with Crippen LogP contribution in [0.25, 0.3) is 0 Å². The first-order valence-corrected chi connectivity index (χ1v) is 6.49. The van der Waals surface area contributed by atoms with Crippen LogP contribution in [0.3, 0.4) is 0 Å². The number of benzene rings is 1. The van der Waals surface area contributed by atoms with E-state index in [2.05, 4.69) is 0 Å². The Morgan fingerprint density at radius 3 is 1.95 bits per heavy atom. The summed E-state index contributed by atoms with van der Waals surface area (Å²) in [6, 6.07) is 7.55. The Morgan fingerprint density at radius 2 is 1.55 bits per heavy atom. The molecule has 5 nitrogen and oxygen atoms in total. The number of halogens is 1. The molecule has 7 heteroatoms. The van der Waals surface area contributed by atoms with Gasteiger partial charge in [-0.25, -0.2) is 0 Å². The quantitative estimate of drug-likeness (QED) is 0.631. The van der Waals surface area contributed by atoms with Gasteiger partial charge >= 0.3 is 7.32 Å². The summed E-state index contributed by atoms with van der Waals surface area (Å²) < 4.78 is 5.73. The van der Waals surface area contributed by atoms with E-state index in [1.807, 2.05) is 38.1 Å². The molecule has 1 aromatic carbocycles. The van der Waals surface area contributed by atoms with Crippen LogP contribution in [-0.2, 0) is 11.3 Å². The number of hydrogen-bond donors (Lipinski definition) is 4. The van der Waals surface area contributed by atoms with Crippen LogP contribution < -0.4 is 0 Å². The van der Waals surface area contributed by atoms with Gasteiger partial charge in [0.15, 0.2) is 0 Å². The molecule has 0 aliphatic heterocycles. The zero-order chi connectivity index (χ0) is 16.0. The van der Waals surface area contributed by atoms with Gasteiger partial charge in [-0.1, -0.05) is 29.8 Å². The second-order valence-corrected chi connectivity index (χ2v) is 5.70. The third-order valence-electron chi connectivity index (χ3n) is 3.02. The van der Waals surface area contributed by atoms with Gasteiger partial charge in [0.1, 0.15) is 0 Å². The van der Waals surface area contributed by atoms with Crippen LogP contribution in [0, 0.1) is 0 Å². The van der Waals surface area contributed by atoms with E-state index in [-0.39, 0.29) is 0 Å². The minimum atomic E-state index is -2.17. The summed E-state index contributed by atoms with van der Waals surface area (Å²) in [5.41, 5.74) is -0.582. The summed E-state index contributed by atoms with van der Waals surface area (Å²) >= 11 is 6.02. The van der Waals surface area contributed by atoms with Gasteiger partial charge in [0, 0.05) is 5.02 Å². The molecular formula is C13H22BClO5. The summed E-state index contributed by atoms with van der Waals surface area (Å²) in [5.74, 6) is 0. The Balaban J connectivity index is 0.000000796. The Morgan fingerprint density at radius 1 is 1.10 bits per heavy atom. The van der Waals surface area contributed by atoms with E-state index in [1.54, 1.807) is 13.8 Å². The molecule has 0 aromatic heterocycles. The predicted octanol–water partition coefficient (Wildman–Crippen LogP) is 1.35. The lowest BCUT2D eigenvalue weighted by molar-refractivity contribution is -0.153. The van der Waals surface area contributed by atoms with Gasteiger partial charge in [0.2, 0.25) is 0 Å². The zero-order valence-electron chi connectivity index (χ0n) is 12.2. The molecule has 0 unspecified atom stereocenters. The lowest BCUT2D eigenvalue weighted by atomic mass is 9.89. The summed E-state index contributed by atoms with van der Waals surface area (Å²) in [4.78, 5) is 0. The average Bonchev–Trinajstić information content (AvgIpc) is 2.25. The lowest BCUT2D eigenvalue weighted by Crippen LogP contribution is -2.47. The average molecular weight is 305 g/mol. The van der Waals surface area contributed by atoms with Gasteiger partial charge in [-0.3, -0.25) is 0 Å². The van der Waals surface area contributed by atoms with E-state index < -0.39 is 18.5 Å². The first-order chi connectivity index (χ1) is 8.97. The minimum Gasteiger partial charge on any atom is -0.402 e. The van der Waals surface area contributed by atoms with Crippen molar-refractivity contribution >= 4 is 18.9 Å². The smallest absolute Gasteiger partial charge is 0.402 e. The molecule has 0 aliphatic rings. The molecule has 0 radical (unpaired) electrons. The van der Waals surface area contributed by atoms with E-state index in [0.29, 0.717) is 11.6 Å². The number of aliphatic hydroxyl groups is 1. The molecule has 0 bridgehead atoms. The summed E-state index contributed by atoms with van der Waals surface area (Å²) in [6.45, 7) is 7.60. The second-order valence-electron chi connectivity index (χ2n) is 5.30. The van der Waals surface area contributed by atoms with E-state index >= 15 is 0 Å². The molecular weight excluding hydrogens is 282 g/mol. The highest BCUT2D eigenvalue weighted by molar-refractivity contribution is 6.31. The van der Waals surface area contributed by atoms with Crippen LogP contribution in [0.2, 0.25) is 5.02 Å². The van der Waals surface area contributed by atoms with Gasteiger partial charge in [-0.15, -0.1) is 0 Å².